The van der Waals surface area contributed by atoms with Gasteiger partial charge in [0.25, 0.3) is 0 Å². The highest BCUT2D eigenvalue weighted by Crippen LogP contribution is 2.29. The van der Waals surface area contributed by atoms with Gasteiger partial charge in [0.1, 0.15) is 18.1 Å². The van der Waals surface area contributed by atoms with E-state index in [2.05, 4.69) is 11.0 Å². The van der Waals surface area contributed by atoms with Crippen LogP contribution in [0.1, 0.15) is 17.2 Å². The minimum absolute atomic E-state index is 0.0739. The fourth-order valence-corrected chi connectivity index (χ4v) is 4.30. The molecule has 180 valence electrons. The normalized spacial score (nSPS) is 14.3. The second-order valence-corrected chi connectivity index (χ2v) is 8.53. The lowest BCUT2D eigenvalue weighted by atomic mass is 10.1. The maximum absolute atomic E-state index is 13.3. The van der Waals surface area contributed by atoms with Crippen molar-refractivity contribution in [2.24, 2.45) is 0 Å². The number of carbonyl (C=O) groups is 1. The van der Waals surface area contributed by atoms with E-state index in [4.69, 9.17) is 14.7 Å². The molecule has 0 radical (unpaired) electrons. The first-order valence-corrected chi connectivity index (χ1v) is 11.7. The number of aromatic nitrogens is 2. The van der Waals surface area contributed by atoms with Crippen LogP contribution in [-0.4, -0.2) is 42.1 Å². The molecule has 1 aliphatic rings. The number of esters is 1. The number of anilines is 2. The summed E-state index contributed by atoms with van der Waals surface area (Å²) in [5.74, 6) is -1.63. The molecule has 4 aromatic rings. The van der Waals surface area contributed by atoms with Crippen LogP contribution in [0, 0.1) is 17.1 Å². The summed E-state index contributed by atoms with van der Waals surface area (Å²) in [5.41, 5.74) is 3.37. The number of hydrogen-bond donors (Lipinski definition) is 0. The second-order valence-electron chi connectivity index (χ2n) is 8.53. The Kier molecular flexibility index (Phi) is 6.72. The number of benzene rings is 3. The number of rotatable bonds is 6. The monoisotopic (exact) mass is 481 g/mol. The first-order valence-electron chi connectivity index (χ1n) is 11.7. The highest BCUT2D eigenvalue weighted by molar-refractivity contribution is 5.85. The van der Waals surface area contributed by atoms with Crippen LogP contribution in [0.15, 0.2) is 78.9 Å². The van der Waals surface area contributed by atoms with Crippen LogP contribution in [0.2, 0.25) is 0 Å². The average molecular weight is 482 g/mol. The third-order valence-electron chi connectivity index (χ3n) is 6.21. The van der Waals surface area contributed by atoms with Crippen molar-refractivity contribution in [3.8, 4) is 6.07 Å². The number of halogens is 1. The molecule has 1 atom stereocenters. The number of ether oxygens (including phenoxy) is 1. The molecular formula is C28H24FN5O2. The van der Waals surface area contributed by atoms with Gasteiger partial charge in [0.15, 0.2) is 11.7 Å². The van der Waals surface area contributed by atoms with E-state index in [0.29, 0.717) is 48.7 Å². The van der Waals surface area contributed by atoms with Gasteiger partial charge in [-0.3, -0.25) is 4.79 Å². The van der Waals surface area contributed by atoms with E-state index < -0.39 is 11.9 Å². The number of hydrogen-bond acceptors (Lipinski definition) is 7. The zero-order valence-corrected chi connectivity index (χ0v) is 19.5. The summed E-state index contributed by atoms with van der Waals surface area (Å²) in [5, 5.41) is 9.98. The molecule has 1 aromatic heterocycles. The molecule has 2 heterocycles. The Morgan fingerprint density at radius 2 is 1.50 bits per heavy atom. The van der Waals surface area contributed by atoms with Crippen LogP contribution in [0.5, 0.6) is 0 Å². The summed E-state index contributed by atoms with van der Waals surface area (Å²) >= 11 is 0. The SMILES string of the molecule is N#C[C@@H](C(=O)OCc1ccccc1)c1nc2ccccc2nc1N1CCN(c2ccc(F)cc2)CC1. The summed E-state index contributed by atoms with van der Waals surface area (Å²) in [6.07, 6.45) is 0. The predicted molar refractivity (Wildman–Crippen MR) is 135 cm³/mol. The highest BCUT2D eigenvalue weighted by Gasteiger charge is 2.31. The summed E-state index contributed by atoms with van der Waals surface area (Å²) in [6, 6.07) is 25.2. The third kappa shape index (κ3) is 4.96. The van der Waals surface area contributed by atoms with E-state index in [9.17, 15) is 14.4 Å². The Morgan fingerprint density at radius 3 is 2.17 bits per heavy atom. The van der Waals surface area contributed by atoms with Gasteiger partial charge in [-0.05, 0) is 42.0 Å². The highest BCUT2D eigenvalue weighted by atomic mass is 19.1. The first kappa shape index (κ1) is 23.2. The van der Waals surface area contributed by atoms with Crippen LogP contribution < -0.4 is 9.80 Å². The van der Waals surface area contributed by atoms with E-state index >= 15 is 0 Å². The standard InChI is InChI=1S/C28H24FN5O2/c29-21-10-12-22(13-11-21)33-14-16-34(17-15-33)27-26(31-24-8-4-5-9-25(24)32-27)23(18-30)28(35)36-19-20-6-2-1-3-7-20/h1-13,23H,14-17,19H2/t23-/m1/s1. The molecule has 0 aliphatic carbocycles. The smallest absolute Gasteiger partial charge is 0.330 e. The van der Waals surface area contributed by atoms with Crippen molar-refractivity contribution >= 4 is 28.5 Å². The maximum Gasteiger partial charge on any atom is 0.330 e. The van der Waals surface area contributed by atoms with Crippen LogP contribution >= 0.6 is 0 Å². The van der Waals surface area contributed by atoms with Gasteiger partial charge in [-0.15, -0.1) is 0 Å². The van der Waals surface area contributed by atoms with Gasteiger partial charge in [0.2, 0.25) is 0 Å². The van der Waals surface area contributed by atoms with Crippen molar-refractivity contribution in [1.82, 2.24) is 9.97 Å². The summed E-state index contributed by atoms with van der Waals surface area (Å²) in [4.78, 5) is 26.7. The van der Waals surface area contributed by atoms with Gasteiger partial charge < -0.3 is 14.5 Å². The van der Waals surface area contributed by atoms with Gasteiger partial charge in [0, 0.05) is 31.9 Å². The van der Waals surface area contributed by atoms with E-state index in [1.165, 1.54) is 12.1 Å². The minimum atomic E-state index is -1.21. The molecule has 0 bridgehead atoms. The molecule has 7 nitrogen and oxygen atoms in total. The maximum atomic E-state index is 13.3. The Labute approximate surface area is 208 Å². The molecule has 1 fully saturated rings. The van der Waals surface area contributed by atoms with Crippen molar-refractivity contribution in [3.63, 3.8) is 0 Å². The predicted octanol–water partition coefficient (Wildman–Crippen LogP) is 4.45. The first-order chi connectivity index (χ1) is 17.6. The van der Waals surface area contributed by atoms with Gasteiger partial charge in [-0.1, -0.05) is 42.5 Å². The quantitative estimate of drug-likeness (QED) is 0.377. The van der Waals surface area contributed by atoms with Crippen LogP contribution in [0.3, 0.4) is 0 Å². The van der Waals surface area contributed by atoms with Crippen molar-refractivity contribution in [2.75, 3.05) is 36.0 Å². The largest absolute Gasteiger partial charge is 0.460 e. The van der Waals surface area contributed by atoms with Crippen molar-refractivity contribution in [3.05, 3.63) is 95.9 Å². The zero-order valence-electron chi connectivity index (χ0n) is 19.5. The van der Waals surface area contributed by atoms with Gasteiger partial charge in [-0.25, -0.2) is 14.4 Å². The Balaban J connectivity index is 1.41. The van der Waals surface area contributed by atoms with Crippen molar-refractivity contribution in [2.45, 2.75) is 12.5 Å². The van der Waals surface area contributed by atoms with Crippen molar-refractivity contribution < 1.29 is 13.9 Å². The Morgan fingerprint density at radius 1 is 0.889 bits per heavy atom. The minimum Gasteiger partial charge on any atom is -0.460 e. The van der Waals surface area contributed by atoms with Gasteiger partial charge >= 0.3 is 5.97 Å². The molecule has 1 aliphatic heterocycles. The fraction of sp³-hybridized carbons (Fsp3) is 0.214. The topological polar surface area (TPSA) is 82.3 Å². The van der Waals surface area contributed by atoms with Gasteiger partial charge in [-0.2, -0.15) is 5.26 Å². The molecule has 0 amide bonds. The van der Waals surface area contributed by atoms with E-state index in [-0.39, 0.29) is 12.4 Å². The lowest BCUT2D eigenvalue weighted by Gasteiger charge is -2.37. The molecule has 0 N–H and O–H groups in total. The van der Waals surface area contributed by atoms with E-state index in [1.54, 1.807) is 12.1 Å². The second kappa shape index (κ2) is 10.4. The molecule has 0 spiro atoms. The Bertz CT molecular complexity index is 1400. The summed E-state index contributed by atoms with van der Waals surface area (Å²) in [6.45, 7) is 2.64. The molecule has 0 saturated carbocycles. The molecule has 8 heteroatoms. The van der Waals surface area contributed by atoms with Crippen LogP contribution in [0.4, 0.5) is 15.9 Å². The van der Waals surface area contributed by atoms with Crippen LogP contribution in [0.25, 0.3) is 11.0 Å². The molecule has 36 heavy (non-hydrogen) atoms. The third-order valence-corrected chi connectivity index (χ3v) is 6.21. The number of fused-ring (bicyclic) bond motifs is 1. The van der Waals surface area contributed by atoms with Crippen LogP contribution in [-0.2, 0) is 16.1 Å². The van der Waals surface area contributed by atoms with Crippen molar-refractivity contribution in [1.29, 1.82) is 5.26 Å². The number of nitrogens with zero attached hydrogens (tertiary/aromatic N) is 5. The molecule has 3 aromatic carbocycles. The van der Waals surface area contributed by atoms with E-state index in [0.717, 1.165) is 11.3 Å². The Hall–Kier alpha value is -4.51. The average Bonchev–Trinajstić information content (AvgIpc) is 2.93. The number of piperazine rings is 1. The van der Waals surface area contributed by atoms with E-state index in [1.807, 2.05) is 59.5 Å². The number of nitriles is 1. The summed E-state index contributed by atoms with van der Waals surface area (Å²) in [7, 11) is 0. The molecule has 0 unspecified atom stereocenters. The lowest BCUT2D eigenvalue weighted by Crippen LogP contribution is -2.47. The number of para-hydroxylation sites is 2. The molecular weight excluding hydrogens is 457 g/mol. The lowest BCUT2D eigenvalue weighted by molar-refractivity contribution is -0.145. The fourth-order valence-electron chi connectivity index (χ4n) is 4.30. The van der Waals surface area contributed by atoms with Gasteiger partial charge in [0.05, 0.1) is 17.1 Å². The zero-order chi connectivity index (χ0) is 24.9. The molecule has 5 rings (SSSR count). The molecule has 1 saturated heterocycles. The number of carbonyl (C=O) groups excluding carboxylic acids is 1. The summed E-state index contributed by atoms with van der Waals surface area (Å²) < 4.78 is 18.8.